The molecule has 7 heteroatoms. The first-order valence-electron chi connectivity index (χ1n) is 7.17. The lowest BCUT2D eigenvalue weighted by Crippen LogP contribution is -2.30. The van der Waals surface area contributed by atoms with Crippen LogP contribution in [0.1, 0.15) is 55.6 Å². The van der Waals surface area contributed by atoms with Crippen molar-refractivity contribution in [3.05, 3.63) is 15.6 Å². The second kappa shape index (κ2) is 6.22. The summed E-state index contributed by atoms with van der Waals surface area (Å²) in [4.78, 5) is 4.12. The SMILES string of the molecule is CC(C)NCc1sc(C2(C)CCCCO2)nc1C(F)(F)F. The molecule has 1 fully saturated rings. The Labute approximate surface area is 126 Å². The lowest BCUT2D eigenvalue weighted by atomic mass is 9.97. The molecular formula is C14H21F3N2OS. The summed E-state index contributed by atoms with van der Waals surface area (Å²) < 4.78 is 45.2. The van der Waals surface area contributed by atoms with Gasteiger partial charge in [0.2, 0.25) is 0 Å². The van der Waals surface area contributed by atoms with Crippen LogP contribution in [0.15, 0.2) is 0 Å². The standard InChI is InChI=1S/C14H21F3N2OS/c1-9(2)18-8-10-11(14(15,16)17)19-12(21-10)13(3)6-4-5-7-20-13/h9,18H,4-8H2,1-3H3. The van der Waals surface area contributed by atoms with E-state index < -0.39 is 17.5 Å². The Kier molecular flexibility index (Phi) is 4.95. The van der Waals surface area contributed by atoms with Crippen molar-refractivity contribution in [2.24, 2.45) is 0 Å². The molecule has 0 radical (unpaired) electrons. The highest BCUT2D eigenvalue weighted by Crippen LogP contribution is 2.41. The molecule has 1 aromatic heterocycles. The summed E-state index contributed by atoms with van der Waals surface area (Å²) in [6.07, 6.45) is -1.80. The highest BCUT2D eigenvalue weighted by atomic mass is 32.1. The van der Waals surface area contributed by atoms with Crippen LogP contribution in [-0.2, 0) is 23.1 Å². The van der Waals surface area contributed by atoms with Crippen molar-refractivity contribution in [3.63, 3.8) is 0 Å². The smallest absolute Gasteiger partial charge is 0.368 e. The quantitative estimate of drug-likeness (QED) is 0.907. The van der Waals surface area contributed by atoms with Gasteiger partial charge in [0.05, 0.1) is 4.88 Å². The van der Waals surface area contributed by atoms with E-state index in [2.05, 4.69) is 10.3 Å². The third-order valence-electron chi connectivity index (χ3n) is 3.56. The summed E-state index contributed by atoms with van der Waals surface area (Å²) in [6.45, 7) is 6.41. The molecule has 21 heavy (non-hydrogen) atoms. The van der Waals surface area contributed by atoms with Gasteiger partial charge in [-0.25, -0.2) is 4.98 Å². The number of aromatic nitrogens is 1. The summed E-state index contributed by atoms with van der Waals surface area (Å²) >= 11 is 1.12. The van der Waals surface area contributed by atoms with Gasteiger partial charge in [-0.3, -0.25) is 0 Å². The minimum absolute atomic E-state index is 0.123. The molecule has 0 amide bonds. The minimum Gasteiger partial charge on any atom is -0.368 e. The third kappa shape index (κ3) is 3.96. The molecule has 1 aromatic rings. The first kappa shape index (κ1) is 16.7. The number of halogens is 3. The van der Waals surface area contributed by atoms with Crippen LogP contribution in [0, 0.1) is 0 Å². The van der Waals surface area contributed by atoms with Crippen LogP contribution in [0.3, 0.4) is 0 Å². The molecular weight excluding hydrogens is 301 g/mol. The predicted molar refractivity (Wildman–Crippen MR) is 76.2 cm³/mol. The lowest BCUT2D eigenvalue weighted by Gasteiger charge is -2.31. The van der Waals surface area contributed by atoms with E-state index in [1.807, 2.05) is 20.8 Å². The van der Waals surface area contributed by atoms with Gasteiger partial charge in [0.25, 0.3) is 0 Å². The zero-order chi connectivity index (χ0) is 15.7. The molecule has 1 aliphatic rings. The largest absolute Gasteiger partial charge is 0.434 e. The fraction of sp³-hybridized carbons (Fsp3) is 0.786. The number of hydrogen-bond acceptors (Lipinski definition) is 4. The van der Waals surface area contributed by atoms with Crippen LogP contribution < -0.4 is 5.32 Å². The van der Waals surface area contributed by atoms with E-state index >= 15 is 0 Å². The van der Waals surface area contributed by atoms with E-state index in [0.717, 1.165) is 30.6 Å². The summed E-state index contributed by atoms with van der Waals surface area (Å²) in [5.74, 6) is 0. The van der Waals surface area contributed by atoms with Gasteiger partial charge in [0.1, 0.15) is 10.6 Å². The van der Waals surface area contributed by atoms with Gasteiger partial charge in [0, 0.05) is 19.2 Å². The van der Waals surface area contributed by atoms with Gasteiger partial charge in [-0.15, -0.1) is 11.3 Å². The van der Waals surface area contributed by atoms with Crippen molar-refractivity contribution < 1.29 is 17.9 Å². The Morgan fingerprint density at radius 2 is 2.10 bits per heavy atom. The Bertz CT molecular complexity index is 479. The van der Waals surface area contributed by atoms with Crippen molar-refractivity contribution >= 4 is 11.3 Å². The Morgan fingerprint density at radius 1 is 1.38 bits per heavy atom. The van der Waals surface area contributed by atoms with Crippen LogP contribution in [0.5, 0.6) is 0 Å². The number of ether oxygens (including phenoxy) is 1. The normalized spacial score (nSPS) is 23.8. The number of rotatable bonds is 4. The van der Waals surface area contributed by atoms with Crippen LogP contribution in [-0.4, -0.2) is 17.6 Å². The maximum Gasteiger partial charge on any atom is 0.434 e. The van der Waals surface area contributed by atoms with Crippen molar-refractivity contribution in [2.75, 3.05) is 6.61 Å². The highest BCUT2D eigenvalue weighted by molar-refractivity contribution is 7.11. The zero-order valence-corrected chi connectivity index (χ0v) is 13.3. The first-order valence-corrected chi connectivity index (χ1v) is 7.99. The van der Waals surface area contributed by atoms with Gasteiger partial charge in [0.15, 0.2) is 5.69 Å². The van der Waals surface area contributed by atoms with Crippen LogP contribution in [0.25, 0.3) is 0 Å². The number of thiazole rings is 1. The Hall–Kier alpha value is -0.660. The molecule has 1 aliphatic heterocycles. The summed E-state index contributed by atoms with van der Waals surface area (Å²) in [6, 6.07) is 0.123. The fourth-order valence-electron chi connectivity index (χ4n) is 2.32. The second-order valence-corrected chi connectivity index (χ2v) is 6.94. The monoisotopic (exact) mass is 322 g/mol. The zero-order valence-electron chi connectivity index (χ0n) is 12.5. The fourth-order valence-corrected chi connectivity index (χ4v) is 3.48. The van der Waals surface area contributed by atoms with Gasteiger partial charge in [-0.1, -0.05) is 13.8 Å². The van der Waals surface area contributed by atoms with E-state index in [9.17, 15) is 13.2 Å². The average molecular weight is 322 g/mol. The molecule has 0 spiro atoms. The predicted octanol–water partition coefficient (Wildman–Crippen LogP) is 4.08. The summed E-state index contributed by atoms with van der Waals surface area (Å²) in [5, 5.41) is 3.47. The van der Waals surface area contributed by atoms with E-state index in [4.69, 9.17) is 4.74 Å². The maximum absolute atomic E-state index is 13.2. The molecule has 1 unspecified atom stereocenters. The number of nitrogens with zero attached hydrogens (tertiary/aromatic N) is 1. The van der Waals surface area contributed by atoms with Crippen molar-refractivity contribution in [2.45, 2.75) is 64.4 Å². The van der Waals surface area contributed by atoms with Gasteiger partial charge in [-0.05, 0) is 26.2 Å². The van der Waals surface area contributed by atoms with Crippen molar-refractivity contribution in [1.82, 2.24) is 10.3 Å². The van der Waals surface area contributed by atoms with Crippen LogP contribution in [0.2, 0.25) is 0 Å². The molecule has 1 N–H and O–H groups in total. The van der Waals surface area contributed by atoms with Gasteiger partial charge in [-0.2, -0.15) is 13.2 Å². The molecule has 0 saturated carbocycles. The third-order valence-corrected chi connectivity index (χ3v) is 4.86. The van der Waals surface area contributed by atoms with E-state index in [1.165, 1.54) is 0 Å². The summed E-state index contributed by atoms with van der Waals surface area (Å²) in [7, 11) is 0. The highest BCUT2D eigenvalue weighted by Gasteiger charge is 2.41. The molecule has 1 atom stereocenters. The molecule has 0 aromatic carbocycles. The molecule has 2 rings (SSSR count). The Balaban J connectivity index is 2.31. The van der Waals surface area contributed by atoms with Crippen molar-refractivity contribution in [1.29, 1.82) is 0 Å². The van der Waals surface area contributed by atoms with E-state index in [0.29, 0.717) is 11.6 Å². The topological polar surface area (TPSA) is 34.1 Å². The molecule has 120 valence electrons. The Morgan fingerprint density at radius 3 is 2.62 bits per heavy atom. The van der Waals surface area contributed by atoms with E-state index in [-0.39, 0.29) is 17.5 Å². The van der Waals surface area contributed by atoms with Crippen molar-refractivity contribution in [3.8, 4) is 0 Å². The number of alkyl halides is 3. The molecule has 0 bridgehead atoms. The van der Waals surface area contributed by atoms with Gasteiger partial charge < -0.3 is 10.1 Å². The molecule has 2 heterocycles. The lowest BCUT2D eigenvalue weighted by molar-refractivity contribution is -0.142. The number of nitrogens with one attached hydrogen (secondary N) is 1. The second-order valence-electron chi connectivity index (χ2n) is 5.86. The molecule has 3 nitrogen and oxygen atoms in total. The van der Waals surface area contributed by atoms with Crippen LogP contribution in [0.4, 0.5) is 13.2 Å². The first-order chi connectivity index (χ1) is 9.72. The number of hydrogen-bond donors (Lipinski definition) is 1. The van der Waals surface area contributed by atoms with Crippen LogP contribution >= 0.6 is 11.3 Å². The molecule has 1 saturated heterocycles. The van der Waals surface area contributed by atoms with Gasteiger partial charge >= 0.3 is 6.18 Å². The average Bonchev–Trinajstić information content (AvgIpc) is 2.82. The molecule has 0 aliphatic carbocycles. The summed E-state index contributed by atoms with van der Waals surface area (Å²) in [5.41, 5.74) is -1.45. The minimum atomic E-state index is -4.42. The maximum atomic E-state index is 13.2. The van der Waals surface area contributed by atoms with E-state index in [1.54, 1.807) is 0 Å².